The van der Waals surface area contributed by atoms with Gasteiger partial charge in [0.15, 0.2) is 0 Å². The third-order valence-electron chi connectivity index (χ3n) is 0. The minimum Gasteiger partial charge on any atom is 0 e. The van der Waals surface area contributed by atoms with Crippen molar-refractivity contribution in [2.75, 3.05) is 0 Å². The van der Waals surface area contributed by atoms with Crippen LogP contribution in [0.15, 0.2) is 0 Å². The second kappa shape index (κ2) is 37.1. The Hall–Kier alpha value is 3.80. The molecule has 33 valence electrons. The second-order valence-corrected chi connectivity index (χ2v) is 0. The van der Waals surface area contributed by atoms with Crippen molar-refractivity contribution in [1.82, 2.24) is 0 Å². The van der Waals surface area contributed by atoms with E-state index < -0.39 is 0 Å². The fourth-order valence-corrected chi connectivity index (χ4v) is 0. The van der Waals surface area contributed by atoms with Crippen molar-refractivity contribution in [1.29, 1.82) is 0 Å². The predicted molar refractivity (Wildman–Crippen MR) is 23.0 cm³/mol. The zero-order valence-electron chi connectivity index (χ0n) is 2.98. The minimum atomic E-state index is 0. The summed E-state index contributed by atoms with van der Waals surface area (Å²) < 4.78 is 0. The summed E-state index contributed by atoms with van der Waals surface area (Å²) in [5, 5.41) is 0. The average molecular weight is 291 g/mol. The maximum atomic E-state index is 0. The molecule has 0 aromatic rings. The SMILES string of the molecule is [Ca].[Cu].[Fe].[Mg].[Se].[Si]. The molecule has 0 spiro atoms. The maximum Gasteiger partial charge on any atom is 0 e. The molecule has 0 saturated heterocycles. The van der Waals surface area contributed by atoms with E-state index in [0.717, 1.165) is 0 Å². The van der Waals surface area contributed by atoms with Gasteiger partial charge in [0.2, 0.25) is 0 Å². The Morgan fingerprint density at radius 1 is 1.00 bits per heavy atom. The van der Waals surface area contributed by atoms with E-state index in [1.54, 1.807) is 0 Å². The van der Waals surface area contributed by atoms with Crippen LogP contribution in [-0.4, -0.2) is 88.8 Å². The summed E-state index contributed by atoms with van der Waals surface area (Å²) in [6, 6.07) is 0. The standard InChI is InChI=1S/Ca.Cu.Fe.Mg.Se.Si. The van der Waals surface area contributed by atoms with Crippen molar-refractivity contribution >= 4 is 88.8 Å². The van der Waals surface area contributed by atoms with Gasteiger partial charge in [0.05, 0.1) is 0 Å². The molecule has 0 amide bonds. The van der Waals surface area contributed by atoms with Gasteiger partial charge in [-0.05, 0) is 0 Å². The van der Waals surface area contributed by atoms with Crippen LogP contribution in [0.25, 0.3) is 0 Å². The third kappa shape index (κ3) is 25.0. The van der Waals surface area contributed by atoms with Crippen molar-refractivity contribution in [2.45, 2.75) is 0 Å². The molecule has 0 aliphatic carbocycles. The van der Waals surface area contributed by atoms with Gasteiger partial charge in [-0.1, -0.05) is 0 Å². The molecule has 0 aliphatic heterocycles. The van der Waals surface area contributed by atoms with E-state index in [1.165, 1.54) is 0 Å². The van der Waals surface area contributed by atoms with E-state index in [-0.39, 0.29) is 123 Å². The second-order valence-electron chi connectivity index (χ2n) is 0. The van der Waals surface area contributed by atoms with Crippen molar-refractivity contribution in [3.05, 3.63) is 0 Å². The van der Waals surface area contributed by atoms with Crippen molar-refractivity contribution < 1.29 is 34.1 Å². The van der Waals surface area contributed by atoms with E-state index in [1.807, 2.05) is 0 Å². The summed E-state index contributed by atoms with van der Waals surface area (Å²) in [5.74, 6) is 0. The maximum absolute atomic E-state index is 0. The molecular weight excluding hydrogens is 291 g/mol. The van der Waals surface area contributed by atoms with E-state index >= 15 is 0 Å². The summed E-state index contributed by atoms with van der Waals surface area (Å²) in [7, 11) is 0. The third-order valence-corrected chi connectivity index (χ3v) is 0. The number of hydrogen-bond donors (Lipinski definition) is 0. The van der Waals surface area contributed by atoms with E-state index in [2.05, 4.69) is 0 Å². The van der Waals surface area contributed by atoms with E-state index in [4.69, 9.17) is 0 Å². The first-order valence-corrected chi connectivity index (χ1v) is 0. The molecule has 0 bridgehead atoms. The minimum absolute atomic E-state index is 0. The van der Waals surface area contributed by atoms with Gasteiger partial charge in [0, 0.05) is 123 Å². The molecule has 6 heteroatoms. The molecule has 0 fully saturated rings. The fourth-order valence-electron chi connectivity index (χ4n) is 0. The smallest absolute Gasteiger partial charge is 0 e. The average Bonchev–Trinajstić information content (AvgIpc) is 0. The van der Waals surface area contributed by atoms with Crippen LogP contribution in [0, 0.1) is 0 Å². The Morgan fingerprint density at radius 2 is 1.00 bits per heavy atom. The van der Waals surface area contributed by atoms with Gasteiger partial charge in [-0.25, -0.2) is 0 Å². The molecule has 0 N–H and O–H groups in total. The predicted octanol–water partition coefficient (Wildman–Crippen LogP) is -1.53. The summed E-state index contributed by atoms with van der Waals surface area (Å²) in [6.45, 7) is 0. The molecular formula is CaCuFeMgSeSi. The molecule has 0 aromatic carbocycles. The van der Waals surface area contributed by atoms with Gasteiger partial charge in [0.1, 0.15) is 0 Å². The molecule has 0 aliphatic rings. The molecule has 0 saturated carbocycles. The van der Waals surface area contributed by atoms with Gasteiger partial charge < -0.3 is 0 Å². The first kappa shape index (κ1) is 52.5. The summed E-state index contributed by atoms with van der Waals surface area (Å²) in [4.78, 5) is 0. The Kier molecular flexibility index (Phi) is 325. The Balaban J connectivity index is 0. The Morgan fingerprint density at radius 3 is 1.00 bits per heavy atom. The van der Waals surface area contributed by atoms with E-state index in [9.17, 15) is 0 Å². The van der Waals surface area contributed by atoms with Crippen LogP contribution < -0.4 is 0 Å². The van der Waals surface area contributed by atoms with Gasteiger partial charge in [-0.3, -0.25) is 0 Å². The Labute approximate surface area is 120 Å². The van der Waals surface area contributed by atoms with Crippen LogP contribution in [-0.2, 0) is 34.1 Å². The first-order valence-electron chi connectivity index (χ1n) is 0. The van der Waals surface area contributed by atoms with Gasteiger partial charge in [0.25, 0.3) is 0 Å². The quantitative estimate of drug-likeness (QED) is 0.475. The van der Waals surface area contributed by atoms with E-state index in [0.29, 0.717) is 0 Å². The van der Waals surface area contributed by atoms with Gasteiger partial charge >= 0.3 is 0 Å². The summed E-state index contributed by atoms with van der Waals surface area (Å²) in [6.07, 6.45) is 0. The largest absolute Gasteiger partial charge is 0 e. The first-order chi connectivity index (χ1) is 0. The molecule has 0 atom stereocenters. The summed E-state index contributed by atoms with van der Waals surface area (Å²) in [5.41, 5.74) is 0. The fraction of sp³-hybridized carbons (Fsp3) is 0. The van der Waals surface area contributed by atoms with Crippen LogP contribution in [0.2, 0.25) is 0 Å². The zero-order chi connectivity index (χ0) is 0. The van der Waals surface area contributed by atoms with Gasteiger partial charge in [-0.2, -0.15) is 0 Å². The van der Waals surface area contributed by atoms with Crippen molar-refractivity contribution in [3.63, 3.8) is 0 Å². The molecule has 0 aromatic heterocycles. The monoisotopic (exact) mass is 291 g/mol. The molecule has 0 unspecified atom stereocenters. The molecule has 0 rings (SSSR count). The molecule has 11 radical (unpaired) electrons. The van der Waals surface area contributed by atoms with Crippen LogP contribution in [0.3, 0.4) is 0 Å². The molecule has 6 heavy (non-hydrogen) atoms. The van der Waals surface area contributed by atoms with Crippen LogP contribution in [0.5, 0.6) is 0 Å². The van der Waals surface area contributed by atoms with Crippen LogP contribution >= 0.6 is 0 Å². The van der Waals surface area contributed by atoms with Crippen molar-refractivity contribution in [3.8, 4) is 0 Å². The molecule has 0 heterocycles. The van der Waals surface area contributed by atoms with Crippen molar-refractivity contribution in [2.24, 2.45) is 0 Å². The molecule has 0 nitrogen and oxygen atoms in total. The van der Waals surface area contributed by atoms with Crippen LogP contribution in [0.1, 0.15) is 0 Å². The van der Waals surface area contributed by atoms with Gasteiger partial charge in [-0.15, -0.1) is 0 Å². The number of rotatable bonds is 0. The summed E-state index contributed by atoms with van der Waals surface area (Å²) >= 11 is 0. The topological polar surface area (TPSA) is 0 Å². The Bertz CT molecular complexity index is 15.5. The van der Waals surface area contributed by atoms with Crippen LogP contribution in [0.4, 0.5) is 0 Å². The number of hydrogen-bond acceptors (Lipinski definition) is 0. The zero-order valence-corrected chi connectivity index (χ0v) is 11.4. The normalized spacial score (nSPS) is 0.